The quantitative estimate of drug-likeness (QED) is 0.763. The Kier molecular flexibility index (Phi) is 3.84. The lowest BCUT2D eigenvalue weighted by Gasteiger charge is -2.37. The summed E-state index contributed by atoms with van der Waals surface area (Å²) in [5.41, 5.74) is 4.24. The maximum atomic E-state index is 12.6. The third kappa shape index (κ3) is 2.89. The molecule has 0 aromatic rings. The molecule has 2 nitrogen and oxygen atoms in total. The van der Waals surface area contributed by atoms with E-state index < -0.39 is 12.0 Å². The number of rotatable bonds is 3. The van der Waals surface area contributed by atoms with Crippen LogP contribution in [0.3, 0.4) is 0 Å². The van der Waals surface area contributed by atoms with Crippen LogP contribution in [0.25, 0.3) is 0 Å². The van der Waals surface area contributed by atoms with E-state index in [1.54, 1.807) is 0 Å². The Morgan fingerprint density at radius 3 is 2.64 bits per heavy atom. The van der Waals surface area contributed by atoms with Gasteiger partial charge in [-0.05, 0) is 39.8 Å². The van der Waals surface area contributed by atoms with E-state index in [1.165, 1.54) is 13.3 Å². The van der Waals surface area contributed by atoms with Gasteiger partial charge in [-0.1, -0.05) is 6.42 Å². The van der Waals surface area contributed by atoms with Crippen LogP contribution in [-0.2, 0) is 0 Å². The third-order valence-electron chi connectivity index (χ3n) is 3.10. The Balaban J connectivity index is 2.49. The molecule has 0 aromatic carbocycles. The Morgan fingerprint density at radius 1 is 1.50 bits per heavy atom. The molecule has 1 aliphatic heterocycles. The Morgan fingerprint density at radius 2 is 2.14 bits per heavy atom. The van der Waals surface area contributed by atoms with Crippen LogP contribution in [0.4, 0.5) is 8.78 Å². The summed E-state index contributed by atoms with van der Waals surface area (Å²) in [6, 6.07) is 0.229. The third-order valence-corrected chi connectivity index (χ3v) is 3.10. The molecular weight excluding hydrogens is 186 g/mol. The van der Waals surface area contributed by atoms with Crippen LogP contribution in [0.2, 0.25) is 0 Å². The fourth-order valence-corrected chi connectivity index (χ4v) is 2.00. The molecule has 0 radical (unpaired) electrons. The molecule has 0 aromatic heterocycles. The minimum Gasteiger partial charge on any atom is -0.321 e. The van der Waals surface area contributed by atoms with Gasteiger partial charge in [0.1, 0.15) is 0 Å². The van der Waals surface area contributed by atoms with Gasteiger partial charge >= 0.3 is 0 Å². The summed E-state index contributed by atoms with van der Waals surface area (Å²) in [6.45, 7) is 2.45. The first kappa shape index (κ1) is 11.9. The predicted octanol–water partition coefficient (Wildman–Crippen LogP) is 1.84. The van der Waals surface area contributed by atoms with E-state index in [0.29, 0.717) is 6.42 Å². The molecule has 0 aliphatic carbocycles. The molecule has 1 rings (SSSR count). The van der Waals surface area contributed by atoms with Crippen molar-refractivity contribution in [3.63, 3.8) is 0 Å². The summed E-state index contributed by atoms with van der Waals surface area (Å²) < 4.78 is 25.1. The van der Waals surface area contributed by atoms with Crippen molar-refractivity contribution in [1.29, 1.82) is 0 Å². The minimum absolute atomic E-state index is 0.229. The molecule has 1 heterocycles. The van der Waals surface area contributed by atoms with Gasteiger partial charge in [0, 0.05) is 6.04 Å². The lowest BCUT2D eigenvalue weighted by molar-refractivity contribution is 0.0348. The highest BCUT2D eigenvalue weighted by atomic mass is 19.3. The van der Waals surface area contributed by atoms with Gasteiger partial charge in [0.2, 0.25) is 0 Å². The highest BCUT2D eigenvalue weighted by Crippen LogP contribution is 2.25. The van der Waals surface area contributed by atoms with Gasteiger partial charge in [-0.3, -0.25) is 0 Å². The van der Waals surface area contributed by atoms with E-state index in [2.05, 4.69) is 4.90 Å². The van der Waals surface area contributed by atoms with Crippen molar-refractivity contribution in [2.75, 3.05) is 13.6 Å². The SMILES string of the molecule is CN1CCCCC1CC(C)(N)C(F)F. The monoisotopic (exact) mass is 206 g/mol. The van der Waals surface area contributed by atoms with E-state index in [0.717, 1.165) is 19.4 Å². The van der Waals surface area contributed by atoms with Gasteiger partial charge in [0.05, 0.1) is 5.54 Å². The lowest BCUT2D eigenvalue weighted by Crippen LogP contribution is -2.50. The molecule has 0 spiro atoms. The summed E-state index contributed by atoms with van der Waals surface area (Å²) in [4.78, 5) is 2.15. The summed E-state index contributed by atoms with van der Waals surface area (Å²) in [7, 11) is 1.99. The van der Waals surface area contributed by atoms with Crippen molar-refractivity contribution in [2.24, 2.45) is 5.73 Å². The second-order valence-electron chi connectivity index (χ2n) is 4.64. The molecule has 1 fully saturated rings. The number of hydrogen-bond acceptors (Lipinski definition) is 2. The minimum atomic E-state index is -2.43. The maximum absolute atomic E-state index is 12.6. The smallest absolute Gasteiger partial charge is 0.256 e. The van der Waals surface area contributed by atoms with E-state index in [4.69, 9.17) is 5.73 Å². The molecule has 2 unspecified atom stereocenters. The van der Waals surface area contributed by atoms with Crippen molar-refractivity contribution in [2.45, 2.75) is 50.6 Å². The first-order valence-electron chi connectivity index (χ1n) is 5.21. The number of nitrogens with zero attached hydrogens (tertiary/aromatic N) is 1. The molecule has 1 saturated heterocycles. The molecule has 0 bridgehead atoms. The molecular formula is C10H20F2N2. The fraction of sp³-hybridized carbons (Fsp3) is 1.00. The molecule has 4 heteroatoms. The standard InChI is InChI=1S/C10H20F2N2/c1-10(13,9(11)12)7-8-5-3-4-6-14(8)2/h8-9H,3-7,13H2,1-2H3. The first-order chi connectivity index (χ1) is 6.43. The number of likely N-dealkylation sites (tertiary alicyclic amines) is 1. The number of hydrogen-bond donors (Lipinski definition) is 1. The van der Waals surface area contributed by atoms with Crippen LogP contribution in [0.1, 0.15) is 32.6 Å². The van der Waals surface area contributed by atoms with Crippen LogP contribution in [0, 0.1) is 0 Å². The average molecular weight is 206 g/mol. The zero-order valence-electron chi connectivity index (χ0n) is 8.97. The Labute approximate surface area is 84.4 Å². The van der Waals surface area contributed by atoms with E-state index >= 15 is 0 Å². The van der Waals surface area contributed by atoms with Gasteiger partial charge in [-0.15, -0.1) is 0 Å². The average Bonchev–Trinajstić information content (AvgIpc) is 2.08. The highest BCUT2D eigenvalue weighted by Gasteiger charge is 2.34. The van der Waals surface area contributed by atoms with Gasteiger partial charge in [0.25, 0.3) is 6.43 Å². The van der Waals surface area contributed by atoms with Crippen molar-refractivity contribution >= 4 is 0 Å². The van der Waals surface area contributed by atoms with Gasteiger partial charge in [-0.2, -0.15) is 0 Å². The van der Waals surface area contributed by atoms with Gasteiger partial charge in [0.15, 0.2) is 0 Å². The topological polar surface area (TPSA) is 29.3 Å². The van der Waals surface area contributed by atoms with Gasteiger partial charge in [-0.25, -0.2) is 8.78 Å². The van der Waals surface area contributed by atoms with Crippen molar-refractivity contribution in [3.05, 3.63) is 0 Å². The van der Waals surface area contributed by atoms with Crippen LogP contribution in [0.5, 0.6) is 0 Å². The number of halogens is 2. The molecule has 84 valence electrons. The summed E-state index contributed by atoms with van der Waals surface area (Å²) in [6.07, 6.45) is 1.26. The van der Waals surface area contributed by atoms with E-state index in [1.807, 2.05) is 7.05 Å². The lowest BCUT2D eigenvalue weighted by atomic mass is 9.89. The summed E-state index contributed by atoms with van der Waals surface area (Å²) in [5, 5.41) is 0. The van der Waals surface area contributed by atoms with Crippen LogP contribution >= 0.6 is 0 Å². The molecule has 2 N–H and O–H groups in total. The second-order valence-corrected chi connectivity index (χ2v) is 4.64. The largest absolute Gasteiger partial charge is 0.321 e. The summed E-state index contributed by atoms with van der Waals surface area (Å²) >= 11 is 0. The van der Waals surface area contributed by atoms with Crippen LogP contribution in [0.15, 0.2) is 0 Å². The molecule has 0 saturated carbocycles. The number of alkyl halides is 2. The van der Waals surface area contributed by atoms with E-state index in [-0.39, 0.29) is 6.04 Å². The zero-order valence-corrected chi connectivity index (χ0v) is 8.97. The molecule has 0 amide bonds. The summed E-state index contributed by atoms with van der Waals surface area (Å²) in [5.74, 6) is 0. The van der Waals surface area contributed by atoms with Crippen LogP contribution in [-0.4, -0.2) is 36.5 Å². The number of piperidine rings is 1. The predicted molar refractivity (Wildman–Crippen MR) is 53.5 cm³/mol. The Bertz CT molecular complexity index is 183. The zero-order chi connectivity index (χ0) is 10.8. The molecule has 14 heavy (non-hydrogen) atoms. The Hall–Kier alpha value is -0.220. The van der Waals surface area contributed by atoms with Gasteiger partial charge < -0.3 is 10.6 Å². The van der Waals surface area contributed by atoms with Crippen molar-refractivity contribution in [3.8, 4) is 0 Å². The molecule has 1 aliphatic rings. The van der Waals surface area contributed by atoms with Crippen molar-refractivity contribution in [1.82, 2.24) is 4.90 Å². The van der Waals surface area contributed by atoms with Crippen LogP contribution < -0.4 is 5.73 Å². The van der Waals surface area contributed by atoms with Crippen molar-refractivity contribution < 1.29 is 8.78 Å². The highest BCUT2D eigenvalue weighted by molar-refractivity contribution is 4.88. The fourth-order valence-electron chi connectivity index (χ4n) is 2.00. The molecule has 2 atom stereocenters. The van der Waals surface area contributed by atoms with E-state index in [9.17, 15) is 8.78 Å². The second kappa shape index (κ2) is 4.53. The number of nitrogens with two attached hydrogens (primary N) is 1. The normalized spacial score (nSPS) is 29.1. The maximum Gasteiger partial charge on any atom is 0.256 e. The first-order valence-corrected chi connectivity index (χ1v) is 5.21.